The molecule has 106 valence electrons. The minimum atomic E-state index is -0.341. The zero-order chi connectivity index (χ0) is 14.7. The fourth-order valence-corrected chi connectivity index (χ4v) is 2.56. The van der Waals surface area contributed by atoms with E-state index in [0.29, 0.717) is 0 Å². The van der Waals surface area contributed by atoms with Crippen LogP contribution in [0.15, 0.2) is 36.4 Å². The first-order valence-electron chi connectivity index (χ1n) is 6.64. The molecule has 3 heteroatoms. The van der Waals surface area contributed by atoms with Crippen molar-refractivity contribution >= 4 is 0 Å². The third kappa shape index (κ3) is 2.99. The van der Waals surface area contributed by atoms with Crippen LogP contribution in [0.3, 0.4) is 0 Å². The van der Waals surface area contributed by atoms with Gasteiger partial charge in [0.1, 0.15) is 0 Å². The number of hydrogen-bond acceptors (Lipinski definition) is 2. The van der Waals surface area contributed by atoms with E-state index in [-0.39, 0.29) is 17.6 Å². The van der Waals surface area contributed by atoms with E-state index >= 15 is 0 Å². The molecule has 0 aliphatic carbocycles. The minimum absolute atomic E-state index is 0.0168. The van der Waals surface area contributed by atoms with E-state index in [1.165, 1.54) is 29.9 Å². The van der Waals surface area contributed by atoms with Crippen molar-refractivity contribution in [2.24, 2.45) is 0 Å². The molecule has 0 aliphatic heterocycles. The van der Waals surface area contributed by atoms with E-state index in [0.717, 1.165) is 5.56 Å². The number of benzene rings is 2. The molecule has 1 atom stereocenters. The van der Waals surface area contributed by atoms with Gasteiger partial charge in [-0.05, 0) is 44.2 Å². The fraction of sp³-hybridized carbons (Fsp3) is 0.294. The second kappa shape index (κ2) is 6.06. The number of aryl methyl sites for hydroxylation is 2. The van der Waals surface area contributed by atoms with Gasteiger partial charge in [0, 0.05) is 0 Å². The molecule has 20 heavy (non-hydrogen) atoms. The molecule has 0 amide bonds. The molecular weight excluding hydrogens is 253 g/mol. The number of hydrogen-bond donors (Lipinski definition) is 1. The molecule has 2 rings (SSSR count). The van der Waals surface area contributed by atoms with Gasteiger partial charge in [-0.15, -0.1) is 0 Å². The Labute approximate surface area is 119 Å². The molecule has 0 spiro atoms. The van der Waals surface area contributed by atoms with Crippen LogP contribution in [0, 0.1) is 19.7 Å². The molecule has 2 nitrogen and oxygen atoms in total. The summed E-state index contributed by atoms with van der Waals surface area (Å²) in [6.07, 6.45) is 0. The molecule has 0 radical (unpaired) electrons. The summed E-state index contributed by atoms with van der Waals surface area (Å²) in [7, 11) is 3.38. The van der Waals surface area contributed by atoms with Crippen LogP contribution in [0.1, 0.15) is 28.3 Å². The molecule has 0 saturated carbocycles. The van der Waals surface area contributed by atoms with Crippen LogP contribution in [0.2, 0.25) is 0 Å². The molecule has 1 N–H and O–H groups in total. The molecule has 2 aromatic rings. The van der Waals surface area contributed by atoms with Gasteiger partial charge in [0.05, 0.1) is 13.2 Å². The second-order valence-electron chi connectivity index (χ2n) is 5.04. The maximum atomic E-state index is 13.5. The Balaban J connectivity index is 2.46. The fourth-order valence-electron chi connectivity index (χ4n) is 2.56. The number of halogens is 1. The highest BCUT2D eigenvalue weighted by atomic mass is 19.1. The van der Waals surface area contributed by atoms with E-state index in [1.54, 1.807) is 12.1 Å². The number of nitrogens with one attached hydrogen (secondary N) is 1. The lowest BCUT2D eigenvalue weighted by Gasteiger charge is -2.19. The van der Waals surface area contributed by atoms with Crippen LogP contribution < -0.4 is 10.1 Å². The van der Waals surface area contributed by atoms with Crippen LogP contribution in [-0.4, -0.2) is 14.2 Å². The third-order valence-corrected chi connectivity index (χ3v) is 3.37. The van der Waals surface area contributed by atoms with E-state index in [9.17, 15) is 4.39 Å². The van der Waals surface area contributed by atoms with Crippen LogP contribution in [0.4, 0.5) is 4.39 Å². The van der Waals surface area contributed by atoms with Crippen molar-refractivity contribution in [3.8, 4) is 5.75 Å². The normalized spacial score (nSPS) is 12.2. The van der Waals surface area contributed by atoms with Gasteiger partial charge in [-0.3, -0.25) is 0 Å². The van der Waals surface area contributed by atoms with Gasteiger partial charge >= 0.3 is 0 Å². The monoisotopic (exact) mass is 273 g/mol. The first-order chi connectivity index (χ1) is 9.55. The maximum absolute atomic E-state index is 13.5. The minimum Gasteiger partial charge on any atom is -0.494 e. The van der Waals surface area contributed by atoms with Crippen molar-refractivity contribution in [2.75, 3.05) is 14.2 Å². The van der Waals surface area contributed by atoms with Crippen molar-refractivity contribution in [3.05, 3.63) is 64.5 Å². The highest BCUT2D eigenvalue weighted by Gasteiger charge is 2.15. The average molecular weight is 273 g/mol. The van der Waals surface area contributed by atoms with Crippen LogP contribution in [0.25, 0.3) is 0 Å². The highest BCUT2D eigenvalue weighted by molar-refractivity contribution is 5.40. The quantitative estimate of drug-likeness (QED) is 0.915. The van der Waals surface area contributed by atoms with Gasteiger partial charge in [0.2, 0.25) is 0 Å². The van der Waals surface area contributed by atoms with E-state index in [4.69, 9.17) is 4.74 Å². The van der Waals surface area contributed by atoms with Gasteiger partial charge in [-0.1, -0.05) is 35.4 Å². The van der Waals surface area contributed by atoms with E-state index in [1.807, 2.05) is 7.05 Å². The lowest BCUT2D eigenvalue weighted by atomic mass is 9.95. The summed E-state index contributed by atoms with van der Waals surface area (Å²) in [5.41, 5.74) is 4.58. The molecule has 0 saturated heterocycles. The Kier molecular flexibility index (Phi) is 4.40. The Morgan fingerprint density at radius 3 is 2.20 bits per heavy atom. The molecular formula is C17H20FNO. The summed E-state index contributed by atoms with van der Waals surface area (Å²) >= 11 is 0. The van der Waals surface area contributed by atoms with E-state index in [2.05, 4.69) is 37.4 Å². The topological polar surface area (TPSA) is 21.3 Å². The van der Waals surface area contributed by atoms with Crippen molar-refractivity contribution in [1.29, 1.82) is 0 Å². The predicted molar refractivity (Wildman–Crippen MR) is 79.8 cm³/mol. The predicted octanol–water partition coefficient (Wildman–Crippen LogP) is 3.76. The molecule has 2 aromatic carbocycles. The second-order valence-corrected chi connectivity index (χ2v) is 5.04. The van der Waals surface area contributed by atoms with Gasteiger partial charge in [-0.25, -0.2) is 4.39 Å². The lowest BCUT2D eigenvalue weighted by molar-refractivity contribution is 0.385. The zero-order valence-corrected chi connectivity index (χ0v) is 12.3. The zero-order valence-electron chi connectivity index (χ0n) is 12.3. The Bertz CT molecular complexity index is 590. The molecule has 0 bridgehead atoms. The SMILES string of the molecule is CNC(c1cc(C)cc(C)c1)c1ccc(F)c(OC)c1. The lowest BCUT2D eigenvalue weighted by Crippen LogP contribution is -2.18. The number of rotatable bonds is 4. The van der Waals surface area contributed by atoms with E-state index < -0.39 is 0 Å². The van der Waals surface area contributed by atoms with Crippen LogP contribution in [0.5, 0.6) is 5.75 Å². The van der Waals surface area contributed by atoms with Crippen LogP contribution in [-0.2, 0) is 0 Å². The summed E-state index contributed by atoms with van der Waals surface area (Å²) in [5.74, 6) is -0.0707. The molecule has 0 heterocycles. The Morgan fingerprint density at radius 1 is 1.00 bits per heavy atom. The number of ether oxygens (including phenoxy) is 1. The summed E-state index contributed by atoms with van der Waals surface area (Å²) in [6, 6.07) is 11.4. The summed E-state index contributed by atoms with van der Waals surface area (Å²) in [5, 5.41) is 3.28. The molecule has 1 unspecified atom stereocenters. The van der Waals surface area contributed by atoms with Crippen molar-refractivity contribution in [1.82, 2.24) is 5.32 Å². The highest BCUT2D eigenvalue weighted by Crippen LogP contribution is 2.28. The third-order valence-electron chi connectivity index (χ3n) is 3.37. The van der Waals surface area contributed by atoms with Crippen molar-refractivity contribution < 1.29 is 9.13 Å². The van der Waals surface area contributed by atoms with Gasteiger partial charge in [0.25, 0.3) is 0 Å². The van der Waals surface area contributed by atoms with Gasteiger partial charge in [0.15, 0.2) is 11.6 Å². The Hall–Kier alpha value is -1.87. The molecule has 0 fully saturated rings. The summed E-state index contributed by atoms with van der Waals surface area (Å²) in [4.78, 5) is 0. The standard InChI is InChI=1S/C17H20FNO/c1-11-7-12(2)9-14(8-11)17(19-3)13-5-6-15(18)16(10-13)20-4/h5-10,17,19H,1-4H3. The average Bonchev–Trinajstić information content (AvgIpc) is 2.40. The van der Waals surface area contributed by atoms with Crippen molar-refractivity contribution in [2.45, 2.75) is 19.9 Å². The van der Waals surface area contributed by atoms with Crippen LogP contribution >= 0.6 is 0 Å². The van der Waals surface area contributed by atoms with Crippen molar-refractivity contribution in [3.63, 3.8) is 0 Å². The van der Waals surface area contributed by atoms with Gasteiger partial charge < -0.3 is 10.1 Å². The Morgan fingerprint density at radius 2 is 1.65 bits per heavy atom. The van der Waals surface area contributed by atoms with Gasteiger partial charge in [-0.2, -0.15) is 0 Å². The first kappa shape index (κ1) is 14.5. The maximum Gasteiger partial charge on any atom is 0.165 e. The smallest absolute Gasteiger partial charge is 0.165 e. The first-order valence-corrected chi connectivity index (χ1v) is 6.64. The molecule has 0 aromatic heterocycles. The molecule has 0 aliphatic rings. The largest absolute Gasteiger partial charge is 0.494 e. The summed E-state index contributed by atoms with van der Waals surface area (Å²) < 4.78 is 18.6. The number of methoxy groups -OCH3 is 1. The summed E-state index contributed by atoms with van der Waals surface area (Å²) in [6.45, 7) is 4.16.